The molecule has 0 unspecified atom stereocenters. The van der Waals surface area contributed by atoms with Crippen molar-refractivity contribution in [1.29, 1.82) is 0 Å². The van der Waals surface area contributed by atoms with Crippen LogP contribution < -0.4 is 10.9 Å². The van der Waals surface area contributed by atoms with E-state index in [9.17, 15) is 24.6 Å². The van der Waals surface area contributed by atoms with Crippen LogP contribution in [0.25, 0.3) is 22.3 Å². The molecule has 3 aliphatic rings. The second-order valence-corrected chi connectivity index (χ2v) is 8.79. The molecule has 2 aliphatic heterocycles. The fourth-order valence-corrected chi connectivity index (χ4v) is 5.55. The normalized spacial score (nSPS) is 20.1. The van der Waals surface area contributed by atoms with Gasteiger partial charge in [-0.3, -0.25) is 10.1 Å². The van der Waals surface area contributed by atoms with E-state index in [2.05, 4.69) is 5.32 Å². The van der Waals surface area contributed by atoms with Crippen LogP contribution in [0.15, 0.2) is 23.0 Å². The molecule has 1 amide bonds. The molecule has 9 nitrogen and oxygen atoms in total. The van der Waals surface area contributed by atoms with Gasteiger partial charge >= 0.3 is 12.1 Å². The fraction of sp³-hybridized carbons (Fsp3) is 0.333. The molecule has 0 radical (unpaired) electrons. The van der Waals surface area contributed by atoms with Gasteiger partial charge in [0.15, 0.2) is 5.60 Å². The summed E-state index contributed by atoms with van der Waals surface area (Å²) < 4.78 is 6.76. The summed E-state index contributed by atoms with van der Waals surface area (Å²) >= 11 is 0. The summed E-state index contributed by atoms with van der Waals surface area (Å²) in [5.41, 5.74) is 3.91. The molecule has 0 bridgehead atoms. The van der Waals surface area contributed by atoms with E-state index in [4.69, 9.17) is 9.72 Å². The minimum absolute atomic E-state index is 0.0910. The van der Waals surface area contributed by atoms with Crippen molar-refractivity contribution in [2.45, 2.75) is 51.4 Å². The first kappa shape index (κ1) is 19.9. The summed E-state index contributed by atoms with van der Waals surface area (Å²) in [7, 11) is 0. The Morgan fingerprint density at radius 2 is 2.00 bits per heavy atom. The molecule has 6 rings (SSSR count). The monoisotopic (exact) mass is 447 g/mol. The number of pyridine rings is 2. The number of cyclic esters (lactones) is 1. The van der Waals surface area contributed by atoms with Crippen molar-refractivity contribution in [2.75, 3.05) is 5.32 Å². The van der Waals surface area contributed by atoms with Crippen molar-refractivity contribution in [1.82, 2.24) is 9.55 Å². The van der Waals surface area contributed by atoms with Crippen LogP contribution in [0.1, 0.15) is 47.6 Å². The number of amides is 1. The number of nitrogens with zero attached hydrogens (tertiary/aromatic N) is 2. The summed E-state index contributed by atoms with van der Waals surface area (Å²) in [6.45, 7) is 1.85. The van der Waals surface area contributed by atoms with Crippen molar-refractivity contribution in [3.05, 3.63) is 56.4 Å². The van der Waals surface area contributed by atoms with Crippen LogP contribution in [-0.2, 0) is 41.1 Å². The minimum Gasteiger partial charge on any atom is -0.465 e. The summed E-state index contributed by atoms with van der Waals surface area (Å²) in [4.78, 5) is 41.9. The van der Waals surface area contributed by atoms with Gasteiger partial charge in [-0.2, -0.15) is 0 Å². The van der Waals surface area contributed by atoms with Crippen LogP contribution in [0.5, 0.6) is 0 Å². The van der Waals surface area contributed by atoms with Gasteiger partial charge in [0.1, 0.15) is 6.61 Å². The Bertz CT molecular complexity index is 1470. The quantitative estimate of drug-likeness (QED) is 0.403. The lowest BCUT2D eigenvalue weighted by molar-refractivity contribution is -0.172. The molecule has 3 aromatic rings. The summed E-state index contributed by atoms with van der Waals surface area (Å²) in [5, 5.41) is 23.7. The number of hydrogen-bond donors (Lipinski definition) is 3. The standard InChI is InChI=1S/C24H21N3O6/c1-2-24(32)15-8-18-20-13(9-27(18)21(28)14(15)10-33-22(24)29)11-4-3-5-12-16(26-23(30)31)6-7-17(25-20)19(11)12/h6-8,26,32H,2-5,9-10H2,1H3,(H,30,31)/t24-/m0/s1. The van der Waals surface area contributed by atoms with Crippen molar-refractivity contribution >= 4 is 28.7 Å². The third-order valence-corrected chi connectivity index (χ3v) is 7.17. The van der Waals surface area contributed by atoms with Gasteiger partial charge in [0.05, 0.1) is 29.0 Å². The fourth-order valence-electron chi connectivity index (χ4n) is 5.55. The molecule has 0 spiro atoms. The predicted octanol–water partition coefficient (Wildman–Crippen LogP) is 2.66. The second kappa shape index (κ2) is 6.64. The zero-order valence-electron chi connectivity index (χ0n) is 17.9. The van der Waals surface area contributed by atoms with Gasteiger partial charge in [0.2, 0.25) is 0 Å². The van der Waals surface area contributed by atoms with E-state index in [0.717, 1.165) is 46.9 Å². The number of aryl methyl sites for hydroxylation is 2. The topological polar surface area (TPSA) is 131 Å². The van der Waals surface area contributed by atoms with Crippen molar-refractivity contribution in [3.63, 3.8) is 0 Å². The van der Waals surface area contributed by atoms with E-state index in [1.165, 1.54) is 0 Å². The molecule has 3 N–H and O–H groups in total. The average molecular weight is 447 g/mol. The number of rotatable bonds is 2. The van der Waals surface area contributed by atoms with Crippen molar-refractivity contribution < 1.29 is 24.5 Å². The summed E-state index contributed by atoms with van der Waals surface area (Å²) in [6, 6.07) is 5.22. The largest absolute Gasteiger partial charge is 0.465 e. The maximum atomic E-state index is 13.4. The minimum atomic E-state index is -1.86. The predicted molar refractivity (Wildman–Crippen MR) is 118 cm³/mol. The maximum Gasteiger partial charge on any atom is 0.409 e. The molecule has 33 heavy (non-hydrogen) atoms. The van der Waals surface area contributed by atoms with Crippen molar-refractivity contribution in [3.8, 4) is 11.4 Å². The first-order valence-corrected chi connectivity index (χ1v) is 11.0. The molecular weight excluding hydrogens is 426 g/mol. The highest BCUT2D eigenvalue weighted by Gasteiger charge is 2.45. The molecule has 2 aromatic heterocycles. The second-order valence-electron chi connectivity index (χ2n) is 8.79. The highest BCUT2D eigenvalue weighted by atomic mass is 16.6. The lowest BCUT2D eigenvalue weighted by atomic mass is 9.85. The van der Waals surface area contributed by atoms with Gasteiger partial charge in [0, 0.05) is 22.2 Å². The lowest BCUT2D eigenvalue weighted by Crippen LogP contribution is -2.44. The molecule has 168 valence electrons. The zero-order chi connectivity index (χ0) is 23.1. The first-order valence-electron chi connectivity index (χ1n) is 11.0. The Morgan fingerprint density at radius 3 is 2.76 bits per heavy atom. The van der Waals surface area contributed by atoms with Gasteiger partial charge in [-0.05, 0) is 55.0 Å². The maximum absolute atomic E-state index is 13.4. The summed E-state index contributed by atoms with van der Waals surface area (Å²) in [5.74, 6) is -0.746. The Morgan fingerprint density at radius 1 is 1.21 bits per heavy atom. The Labute approximate surface area is 187 Å². The number of esters is 1. The van der Waals surface area contributed by atoms with Gasteiger partial charge in [-0.15, -0.1) is 0 Å². The molecule has 1 aliphatic carbocycles. The van der Waals surface area contributed by atoms with Gasteiger partial charge in [-0.1, -0.05) is 6.92 Å². The number of hydrogen-bond acceptors (Lipinski definition) is 6. The number of carbonyl (C=O) groups is 2. The number of ether oxygens (including phenoxy) is 1. The Kier molecular flexibility index (Phi) is 4.01. The average Bonchev–Trinajstić information content (AvgIpc) is 3.17. The molecule has 1 aromatic carbocycles. The van der Waals surface area contributed by atoms with Crippen LogP contribution in [0.3, 0.4) is 0 Å². The number of carboxylic acid groups (broad SMARTS) is 1. The highest BCUT2D eigenvalue weighted by Crippen LogP contribution is 2.43. The first-order chi connectivity index (χ1) is 15.8. The molecule has 0 fully saturated rings. The smallest absolute Gasteiger partial charge is 0.409 e. The van der Waals surface area contributed by atoms with Crippen LogP contribution in [0, 0.1) is 0 Å². The Hall–Kier alpha value is -3.72. The van der Waals surface area contributed by atoms with Crippen LogP contribution in [-0.4, -0.2) is 31.8 Å². The zero-order valence-corrected chi connectivity index (χ0v) is 17.9. The van der Waals surface area contributed by atoms with E-state index in [0.29, 0.717) is 34.7 Å². The van der Waals surface area contributed by atoms with E-state index in [1.54, 1.807) is 29.7 Å². The lowest BCUT2D eigenvalue weighted by Gasteiger charge is -2.31. The number of carbonyl (C=O) groups excluding carboxylic acids is 1. The van der Waals surface area contributed by atoms with E-state index >= 15 is 0 Å². The van der Waals surface area contributed by atoms with Crippen molar-refractivity contribution in [2.24, 2.45) is 0 Å². The van der Waals surface area contributed by atoms with Gasteiger partial charge in [-0.25, -0.2) is 14.6 Å². The van der Waals surface area contributed by atoms with Crippen LogP contribution in [0.2, 0.25) is 0 Å². The molecular formula is C24H21N3O6. The van der Waals surface area contributed by atoms with Crippen LogP contribution >= 0.6 is 0 Å². The molecule has 1 atom stereocenters. The Balaban J connectivity index is 1.62. The van der Waals surface area contributed by atoms with Gasteiger partial charge < -0.3 is 19.5 Å². The third-order valence-electron chi connectivity index (χ3n) is 7.17. The molecule has 0 saturated heterocycles. The number of benzene rings is 1. The number of aromatic nitrogens is 2. The SMILES string of the molecule is CC[C@@]1(O)C(=O)OCc2c1cc1n(c2=O)Cc2c-1nc1ccc(NC(=O)O)c3c1c2CCC3. The summed E-state index contributed by atoms with van der Waals surface area (Å²) in [6.07, 6.45) is 1.37. The number of nitrogens with one attached hydrogen (secondary N) is 1. The third kappa shape index (κ3) is 2.56. The van der Waals surface area contributed by atoms with E-state index < -0.39 is 17.7 Å². The van der Waals surface area contributed by atoms with E-state index in [1.807, 2.05) is 0 Å². The number of anilines is 1. The molecule has 0 saturated carbocycles. The number of fused-ring (bicyclic) bond motifs is 5. The number of aliphatic hydroxyl groups is 1. The van der Waals surface area contributed by atoms with Crippen LogP contribution in [0.4, 0.5) is 10.5 Å². The van der Waals surface area contributed by atoms with E-state index in [-0.39, 0.29) is 18.6 Å². The molecule has 4 heterocycles. The highest BCUT2D eigenvalue weighted by molar-refractivity contribution is 5.97. The van der Waals surface area contributed by atoms with Gasteiger partial charge in [0.25, 0.3) is 5.56 Å². The molecule has 9 heteroatoms.